The van der Waals surface area contributed by atoms with Crippen LogP contribution in [0, 0.1) is 13.8 Å². The van der Waals surface area contributed by atoms with Gasteiger partial charge in [0.1, 0.15) is 0 Å². The highest BCUT2D eigenvalue weighted by atomic mass is 15.1. The van der Waals surface area contributed by atoms with Crippen LogP contribution in [0.5, 0.6) is 0 Å². The minimum absolute atomic E-state index is 1.16. The summed E-state index contributed by atoms with van der Waals surface area (Å²) in [6.07, 6.45) is 4.21. The van der Waals surface area contributed by atoms with Crippen LogP contribution in [-0.2, 0) is 6.54 Å². The van der Waals surface area contributed by atoms with Crippen molar-refractivity contribution in [1.29, 1.82) is 0 Å². The fourth-order valence-corrected chi connectivity index (χ4v) is 2.48. The summed E-state index contributed by atoms with van der Waals surface area (Å²) in [5.74, 6) is 0. The van der Waals surface area contributed by atoms with Crippen LogP contribution < -0.4 is 0 Å². The van der Waals surface area contributed by atoms with Crippen molar-refractivity contribution in [3.63, 3.8) is 0 Å². The van der Waals surface area contributed by atoms with Gasteiger partial charge in [-0.25, -0.2) is 0 Å². The van der Waals surface area contributed by atoms with E-state index in [4.69, 9.17) is 0 Å². The summed E-state index contributed by atoms with van der Waals surface area (Å²) in [5, 5.41) is 0. The lowest BCUT2D eigenvalue weighted by Gasteiger charge is -2.27. The van der Waals surface area contributed by atoms with E-state index in [2.05, 4.69) is 35.4 Å². The zero-order valence-corrected chi connectivity index (χ0v) is 10.00. The Balaban J connectivity index is 1.87. The van der Waals surface area contributed by atoms with Crippen LogP contribution in [0.2, 0.25) is 0 Å². The van der Waals surface area contributed by atoms with E-state index in [1.807, 2.05) is 0 Å². The molecule has 1 aliphatic rings. The highest BCUT2D eigenvalue weighted by Crippen LogP contribution is 2.11. The maximum atomic E-state index is 2.60. The molecule has 2 heteroatoms. The highest BCUT2D eigenvalue weighted by molar-refractivity contribution is 5.13. The largest absolute Gasteiger partial charge is 0.348 e. The summed E-state index contributed by atoms with van der Waals surface area (Å²) < 4.78 is 2.43. The lowest BCUT2D eigenvalue weighted by atomic mass is 10.1. The average molecular weight is 206 g/mol. The number of aryl methyl sites for hydroxylation is 2. The fraction of sp³-hybridized carbons (Fsp3) is 0.692. The zero-order chi connectivity index (χ0) is 10.7. The van der Waals surface area contributed by atoms with Crippen LogP contribution in [0.15, 0.2) is 12.1 Å². The predicted molar refractivity (Wildman–Crippen MR) is 64.2 cm³/mol. The first kappa shape index (κ1) is 10.7. The Bertz CT molecular complexity index is 289. The number of piperidine rings is 1. The zero-order valence-electron chi connectivity index (χ0n) is 10.00. The van der Waals surface area contributed by atoms with E-state index in [1.54, 1.807) is 0 Å². The van der Waals surface area contributed by atoms with E-state index in [9.17, 15) is 0 Å². The van der Waals surface area contributed by atoms with Gasteiger partial charge in [0.15, 0.2) is 0 Å². The van der Waals surface area contributed by atoms with Gasteiger partial charge in [0, 0.05) is 24.5 Å². The molecule has 1 fully saturated rings. The summed E-state index contributed by atoms with van der Waals surface area (Å²) in [7, 11) is 0. The molecule has 0 atom stereocenters. The Kier molecular flexibility index (Phi) is 3.47. The molecular weight excluding hydrogens is 184 g/mol. The molecule has 0 unspecified atom stereocenters. The topological polar surface area (TPSA) is 8.17 Å². The van der Waals surface area contributed by atoms with E-state index < -0.39 is 0 Å². The molecule has 0 N–H and O–H groups in total. The minimum atomic E-state index is 1.16. The molecule has 0 saturated carbocycles. The van der Waals surface area contributed by atoms with Crippen molar-refractivity contribution in [2.45, 2.75) is 39.7 Å². The number of rotatable bonds is 3. The van der Waals surface area contributed by atoms with Crippen LogP contribution in [0.4, 0.5) is 0 Å². The molecule has 84 valence electrons. The molecule has 2 heterocycles. The summed E-state index contributed by atoms with van der Waals surface area (Å²) in [5.41, 5.74) is 2.79. The molecule has 1 aromatic heterocycles. The van der Waals surface area contributed by atoms with Crippen LogP contribution in [0.3, 0.4) is 0 Å². The molecule has 15 heavy (non-hydrogen) atoms. The normalized spacial score (nSPS) is 18.3. The minimum Gasteiger partial charge on any atom is -0.348 e. The van der Waals surface area contributed by atoms with Gasteiger partial charge >= 0.3 is 0 Å². The Hall–Kier alpha value is -0.760. The monoisotopic (exact) mass is 206 g/mol. The molecule has 0 aromatic carbocycles. The molecule has 1 saturated heterocycles. The summed E-state index contributed by atoms with van der Waals surface area (Å²) in [6, 6.07) is 4.43. The van der Waals surface area contributed by atoms with Crippen molar-refractivity contribution in [1.82, 2.24) is 9.47 Å². The molecule has 2 nitrogen and oxygen atoms in total. The third-order valence-electron chi connectivity index (χ3n) is 3.51. The number of hydrogen-bond acceptors (Lipinski definition) is 1. The van der Waals surface area contributed by atoms with Gasteiger partial charge in [-0.05, 0) is 51.9 Å². The maximum absolute atomic E-state index is 2.60. The molecule has 1 aliphatic heterocycles. The second-order valence-electron chi connectivity index (χ2n) is 4.67. The van der Waals surface area contributed by atoms with Crippen molar-refractivity contribution in [2.24, 2.45) is 0 Å². The van der Waals surface area contributed by atoms with Crippen LogP contribution in [0.1, 0.15) is 30.7 Å². The number of nitrogens with zero attached hydrogens (tertiary/aromatic N) is 2. The van der Waals surface area contributed by atoms with Crippen molar-refractivity contribution in [3.05, 3.63) is 23.5 Å². The third kappa shape index (κ3) is 2.63. The molecule has 0 radical (unpaired) electrons. The first-order chi connectivity index (χ1) is 7.27. The van der Waals surface area contributed by atoms with Crippen molar-refractivity contribution < 1.29 is 0 Å². The van der Waals surface area contributed by atoms with Crippen LogP contribution in [0.25, 0.3) is 0 Å². The van der Waals surface area contributed by atoms with Gasteiger partial charge in [-0.3, -0.25) is 0 Å². The van der Waals surface area contributed by atoms with Gasteiger partial charge in [-0.15, -0.1) is 0 Å². The smallest absolute Gasteiger partial charge is 0.0352 e. The lowest BCUT2D eigenvalue weighted by Crippen LogP contribution is -2.32. The molecule has 2 rings (SSSR count). The summed E-state index contributed by atoms with van der Waals surface area (Å²) in [4.78, 5) is 2.60. The van der Waals surface area contributed by atoms with Crippen LogP contribution >= 0.6 is 0 Å². The van der Waals surface area contributed by atoms with Gasteiger partial charge in [-0.2, -0.15) is 0 Å². The Labute approximate surface area is 92.9 Å². The molecular formula is C13H22N2. The fourth-order valence-electron chi connectivity index (χ4n) is 2.48. The third-order valence-corrected chi connectivity index (χ3v) is 3.51. The van der Waals surface area contributed by atoms with Crippen LogP contribution in [-0.4, -0.2) is 29.1 Å². The standard InChI is InChI=1S/C13H22N2/c1-12-6-7-13(2)15(12)11-10-14-8-4-3-5-9-14/h6-7H,3-5,8-11H2,1-2H3. The summed E-state index contributed by atoms with van der Waals surface area (Å²) in [6.45, 7) is 9.38. The molecule has 0 aliphatic carbocycles. The number of aromatic nitrogens is 1. The van der Waals surface area contributed by atoms with Crippen molar-refractivity contribution >= 4 is 0 Å². The Morgan fingerprint density at radius 1 is 0.933 bits per heavy atom. The average Bonchev–Trinajstić information content (AvgIpc) is 2.58. The van der Waals surface area contributed by atoms with E-state index in [0.717, 1.165) is 6.54 Å². The van der Waals surface area contributed by atoms with E-state index in [-0.39, 0.29) is 0 Å². The molecule has 0 bridgehead atoms. The Morgan fingerprint density at radius 3 is 2.13 bits per heavy atom. The number of hydrogen-bond donors (Lipinski definition) is 0. The van der Waals surface area contributed by atoms with Gasteiger partial charge in [-0.1, -0.05) is 6.42 Å². The predicted octanol–water partition coefficient (Wildman–Crippen LogP) is 2.59. The maximum Gasteiger partial charge on any atom is 0.0352 e. The van der Waals surface area contributed by atoms with E-state index >= 15 is 0 Å². The first-order valence-corrected chi connectivity index (χ1v) is 6.12. The van der Waals surface area contributed by atoms with Crippen molar-refractivity contribution in [3.8, 4) is 0 Å². The number of likely N-dealkylation sites (tertiary alicyclic amines) is 1. The first-order valence-electron chi connectivity index (χ1n) is 6.12. The van der Waals surface area contributed by atoms with E-state index in [1.165, 1.54) is 50.3 Å². The van der Waals surface area contributed by atoms with Gasteiger partial charge in [0.25, 0.3) is 0 Å². The van der Waals surface area contributed by atoms with E-state index in [0.29, 0.717) is 0 Å². The van der Waals surface area contributed by atoms with Gasteiger partial charge in [0.2, 0.25) is 0 Å². The Morgan fingerprint density at radius 2 is 1.53 bits per heavy atom. The molecule has 1 aromatic rings. The van der Waals surface area contributed by atoms with Gasteiger partial charge in [0.05, 0.1) is 0 Å². The molecule has 0 amide bonds. The molecule has 0 spiro atoms. The lowest BCUT2D eigenvalue weighted by molar-refractivity contribution is 0.220. The highest BCUT2D eigenvalue weighted by Gasteiger charge is 2.10. The summed E-state index contributed by atoms with van der Waals surface area (Å²) >= 11 is 0. The SMILES string of the molecule is Cc1ccc(C)n1CCN1CCCCC1. The second kappa shape index (κ2) is 4.84. The second-order valence-corrected chi connectivity index (χ2v) is 4.67. The quantitative estimate of drug-likeness (QED) is 0.738. The van der Waals surface area contributed by atoms with Crippen molar-refractivity contribution in [2.75, 3.05) is 19.6 Å². The van der Waals surface area contributed by atoms with Gasteiger partial charge < -0.3 is 9.47 Å².